The number of aromatic carboxylic acids is 1. The average Bonchev–Trinajstić information content (AvgIpc) is 2.96. The summed E-state index contributed by atoms with van der Waals surface area (Å²) >= 11 is 0. The van der Waals surface area contributed by atoms with Crippen LogP contribution in [0.5, 0.6) is 5.88 Å². The molecule has 2 N–H and O–H groups in total. The molecule has 46 heavy (non-hydrogen) atoms. The highest BCUT2D eigenvalue weighted by Crippen LogP contribution is 2.35. The van der Waals surface area contributed by atoms with Crippen molar-refractivity contribution < 1.29 is 32.6 Å². The van der Waals surface area contributed by atoms with Gasteiger partial charge in [-0.05, 0) is 96.3 Å². The van der Waals surface area contributed by atoms with Gasteiger partial charge >= 0.3 is 12.1 Å². The number of carbonyl (C=O) groups is 2. The van der Waals surface area contributed by atoms with Crippen LogP contribution >= 0.6 is 0 Å². The van der Waals surface area contributed by atoms with Crippen LogP contribution in [0.15, 0.2) is 53.4 Å². The Hall–Kier alpha value is -4.23. The fraction of sp³-hybridized carbons (Fsp3) is 0.455. The average molecular weight is 652 g/mol. The maximum Gasteiger partial charge on any atom is 0.410 e. The Kier molecular flexibility index (Phi) is 9.28. The van der Waals surface area contributed by atoms with E-state index in [1.165, 1.54) is 18.2 Å². The number of aryl methyl sites for hydroxylation is 2. The number of benzene rings is 2. The molecule has 0 spiro atoms. The number of nitrogens with zero attached hydrogens (tertiary/aromatic N) is 4. The molecule has 3 unspecified atom stereocenters. The lowest BCUT2D eigenvalue weighted by Crippen LogP contribution is -2.63. The van der Waals surface area contributed by atoms with Gasteiger partial charge < -0.3 is 19.5 Å². The quantitative estimate of drug-likeness (QED) is 0.358. The maximum atomic E-state index is 13.4. The Morgan fingerprint density at radius 2 is 1.72 bits per heavy atom. The van der Waals surface area contributed by atoms with Crippen LogP contribution in [-0.4, -0.2) is 89.8 Å². The minimum Gasteiger partial charge on any atom is -0.478 e. The number of piperidine rings is 2. The van der Waals surface area contributed by atoms with Crippen molar-refractivity contribution >= 4 is 28.0 Å². The smallest absolute Gasteiger partial charge is 0.410 e. The number of likely N-dealkylation sites (tertiary alicyclic amines) is 2. The van der Waals surface area contributed by atoms with E-state index in [-0.39, 0.29) is 40.8 Å². The van der Waals surface area contributed by atoms with Crippen molar-refractivity contribution in [2.45, 2.75) is 70.1 Å². The number of fused-ring (bicyclic) bond motifs is 1. The van der Waals surface area contributed by atoms with E-state index in [0.717, 1.165) is 42.1 Å². The van der Waals surface area contributed by atoms with Crippen LogP contribution in [0, 0.1) is 19.8 Å². The third-order valence-corrected chi connectivity index (χ3v) is 9.62. The van der Waals surface area contributed by atoms with Gasteiger partial charge in [-0.25, -0.2) is 27.7 Å². The van der Waals surface area contributed by atoms with E-state index in [0.29, 0.717) is 12.2 Å². The van der Waals surface area contributed by atoms with Gasteiger partial charge in [0, 0.05) is 18.2 Å². The highest BCUT2D eigenvalue weighted by Gasteiger charge is 2.44. The van der Waals surface area contributed by atoms with Gasteiger partial charge in [-0.2, -0.15) is 4.98 Å². The van der Waals surface area contributed by atoms with Crippen molar-refractivity contribution in [3.63, 3.8) is 0 Å². The van der Waals surface area contributed by atoms with E-state index in [1.807, 2.05) is 59.9 Å². The van der Waals surface area contributed by atoms with Crippen LogP contribution < -0.4 is 9.46 Å². The molecule has 3 aromatic rings. The first-order valence-corrected chi connectivity index (χ1v) is 16.8. The number of amides is 1. The summed E-state index contributed by atoms with van der Waals surface area (Å²) in [4.78, 5) is 37.4. The summed E-state index contributed by atoms with van der Waals surface area (Å²) in [5, 5.41) is 9.39. The molecule has 1 aromatic heterocycles. The fourth-order valence-electron chi connectivity index (χ4n) is 6.34. The third kappa shape index (κ3) is 7.42. The van der Waals surface area contributed by atoms with Gasteiger partial charge in [0.2, 0.25) is 11.8 Å². The second kappa shape index (κ2) is 12.9. The molecule has 12 nitrogen and oxygen atoms in total. The van der Waals surface area contributed by atoms with Crippen molar-refractivity contribution in [2.75, 3.05) is 31.4 Å². The summed E-state index contributed by atoms with van der Waals surface area (Å²) in [5.74, 6) is -1.20. The standard InChI is InChI=1S/C33H41N5O7S/c1-20-10-7-11-21(2)28(20)25-17-27(35-31(34-25)36-46(42,43)24-14-8-12-22(16-24)30(39)40)44-26-19-38(32(41)45-33(3,4)5)18-23-13-9-15-37(6)29(23)26/h7-8,10-12,14,16-17,23,26,29H,9,13,15,18-19H2,1-6H3,(H,39,40)(H,34,35,36). The number of carboxylic acids is 1. The molecule has 1 amide bonds. The molecular formula is C33H41N5O7S. The predicted molar refractivity (Wildman–Crippen MR) is 173 cm³/mol. The van der Waals surface area contributed by atoms with Crippen LogP contribution in [0.1, 0.15) is 55.1 Å². The first kappa shape index (κ1) is 33.1. The van der Waals surface area contributed by atoms with Crippen LogP contribution in [0.2, 0.25) is 0 Å². The lowest BCUT2D eigenvalue weighted by atomic mass is 9.82. The van der Waals surface area contributed by atoms with E-state index < -0.39 is 33.8 Å². The second-order valence-corrected chi connectivity index (χ2v) is 14.7. The molecule has 0 radical (unpaired) electrons. The summed E-state index contributed by atoms with van der Waals surface area (Å²) in [7, 11) is -2.23. The number of hydrogen-bond donors (Lipinski definition) is 2. The van der Waals surface area contributed by atoms with E-state index in [2.05, 4.69) is 19.6 Å². The maximum absolute atomic E-state index is 13.4. The van der Waals surface area contributed by atoms with E-state index in [9.17, 15) is 23.1 Å². The number of hydrogen-bond acceptors (Lipinski definition) is 9. The largest absolute Gasteiger partial charge is 0.478 e. The Labute approximate surface area is 269 Å². The number of ether oxygens (including phenoxy) is 2. The molecule has 2 fully saturated rings. The number of aromatic nitrogens is 2. The van der Waals surface area contributed by atoms with Gasteiger partial charge in [-0.15, -0.1) is 0 Å². The van der Waals surface area contributed by atoms with Crippen LogP contribution in [0.3, 0.4) is 0 Å². The highest BCUT2D eigenvalue weighted by atomic mass is 32.2. The Morgan fingerprint density at radius 3 is 2.39 bits per heavy atom. The molecule has 246 valence electrons. The van der Waals surface area contributed by atoms with Gasteiger partial charge in [0.15, 0.2) is 0 Å². The second-order valence-electron chi connectivity index (χ2n) is 13.0. The topological polar surface area (TPSA) is 151 Å². The Bertz CT molecular complexity index is 1720. The zero-order chi connectivity index (χ0) is 33.4. The molecule has 0 aliphatic carbocycles. The van der Waals surface area contributed by atoms with Crippen molar-refractivity contribution in [1.82, 2.24) is 19.8 Å². The number of sulfonamides is 1. The predicted octanol–water partition coefficient (Wildman–Crippen LogP) is 4.97. The fourth-order valence-corrected chi connectivity index (χ4v) is 7.33. The van der Waals surface area contributed by atoms with Gasteiger partial charge in [-0.3, -0.25) is 4.90 Å². The van der Waals surface area contributed by atoms with Crippen molar-refractivity contribution in [2.24, 2.45) is 5.92 Å². The molecule has 0 bridgehead atoms. The van der Waals surface area contributed by atoms with Gasteiger partial charge in [0.05, 0.1) is 28.7 Å². The molecule has 2 aliphatic rings. The van der Waals surface area contributed by atoms with Crippen LogP contribution in [0.25, 0.3) is 11.3 Å². The molecule has 13 heteroatoms. The molecule has 2 saturated heterocycles. The normalized spacial score (nSPS) is 20.5. The monoisotopic (exact) mass is 651 g/mol. The summed E-state index contributed by atoms with van der Waals surface area (Å²) in [5.41, 5.74) is 2.27. The summed E-state index contributed by atoms with van der Waals surface area (Å²) in [6.07, 6.45) is 1.01. The Morgan fingerprint density at radius 1 is 1.02 bits per heavy atom. The summed E-state index contributed by atoms with van der Waals surface area (Å²) in [6.45, 7) is 11.0. The Balaban J connectivity index is 1.54. The van der Waals surface area contributed by atoms with E-state index >= 15 is 0 Å². The van der Waals surface area contributed by atoms with Crippen molar-refractivity contribution in [1.29, 1.82) is 0 Å². The summed E-state index contributed by atoms with van der Waals surface area (Å²) in [6, 6.07) is 12.5. The van der Waals surface area contributed by atoms with Crippen molar-refractivity contribution in [3.05, 3.63) is 65.2 Å². The molecule has 0 saturated carbocycles. The number of carbonyl (C=O) groups excluding carboxylic acids is 1. The van der Waals surface area contributed by atoms with E-state index in [1.54, 1.807) is 11.0 Å². The van der Waals surface area contributed by atoms with Gasteiger partial charge in [0.1, 0.15) is 11.7 Å². The highest BCUT2D eigenvalue weighted by molar-refractivity contribution is 7.92. The number of rotatable bonds is 7. The van der Waals surface area contributed by atoms with Crippen LogP contribution in [0.4, 0.5) is 10.7 Å². The molecular weight excluding hydrogens is 610 g/mol. The minimum absolute atomic E-state index is 0.00931. The van der Waals surface area contributed by atoms with E-state index in [4.69, 9.17) is 9.47 Å². The summed E-state index contributed by atoms with van der Waals surface area (Å²) < 4.78 is 41.6. The molecule has 2 aromatic carbocycles. The SMILES string of the molecule is Cc1cccc(C)c1-c1cc(OC2CN(C(=O)OC(C)(C)C)CC3CCCN(C)C32)nc(NS(=O)(=O)c2cccc(C(=O)O)c2)n1. The lowest BCUT2D eigenvalue weighted by Gasteiger charge is -2.49. The zero-order valence-corrected chi connectivity index (χ0v) is 27.8. The number of anilines is 1. The number of nitrogens with one attached hydrogen (secondary N) is 1. The minimum atomic E-state index is -4.28. The third-order valence-electron chi connectivity index (χ3n) is 8.29. The van der Waals surface area contributed by atoms with Gasteiger partial charge in [0.25, 0.3) is 10.0 Å². The molecule has 5 rings (SSSR count). The van der Waals surface area contributed by atoms with Gasteiger partial charge in [-0.1, -0.05) is 24.3 Å². The lowest BCUT2D eigenvalue weighted by molar-refractivity contribution is -0.0543. The van der Waals surface area contributed by atoms with Crippen molar-refractivity contribution in [3.8, 4) is 17.1 Å². The molecule has 3 atom stereocenters. The molecule has 3 heterocycles. The number of carboxylic acid groups (broad SMARTS) is 1. The first-order chi connectivity index (χ1) is 21.6. The molecule has 2 aliphatic heterocycles. The zero-order valence-electron chi connectivity index (χ0n) is 27.0. The number of likely N-dealkylation sites (N-methyl/N-ethyl adjacent to an activating group) is 1. The van der Waals surface area contributed by atoms with Crippen LogP contribution in [-0.2, 0) is 14.8 Å². The first-order valence-electron chi connectivity index (χ1n) is 15.3.